The van der Waals surface area contributed by atoms with Crippen molar-refractivity contribution in [3.8, 4) is 0 Å². The Morgan fingerprint density at radius 3 is 2.30 bits per heavy atom. The highest BCUT2D eigenvalue weighted by Gasteiger charge is 2.44. The quantitative estimate of drug-likeness (QED) is 0.516. The molecule has 0 spiro atoms. The number of hydrogen-bond donors (Lipinski definition) is 2. The SMILES string of the molecule is CCCC(=O)OC(C)OC(=O)C(N)C1(CC(=O)O)CCCCC1. The van der Waals surface area contributed by atoms with Crippen molar-refractivity contribution in [2.24, 2.45) is 11.1 Å². The molecule has 2 unspecified atom stereocenters. The fourth-order valence-electron chi connectivity index (χ4n) is 3.11. The van der Waals surface area contributed by atoms with Crippen LogP contribution in [0.1, 0.15) is 65.2 Å². The van der Waals surface area contributed by atoms with Crippen LogP contribution >= 0.6 is 0 Å². The van der Waals surface area contributed by atoms with Gasteiger partial charge in [-0.2, -0.15) is 0 Å². The molecule has 0 saturated heterocycles. The molecule has 0 aliphatic heterocycles. The van der Waals surface area contributed by atoms with Gasteiger partial charge in [0, 0.05) is 18.8 Å². The van der Waals surface area contributed by atoms with E-state index in [1.807, 2.05) is 6.92 Å². The summed E-state index contributed by atoms with van der Waals surface area (Å²) in [7, 11) is 0. The number of ether oxygens (including phenoxy) is 2. The first-order valence-corrected chi connectivity index (χ1v) is 8.18. The van der Waals surface area contributed by atoms with Gasteiger partial charge in [-0.05, 0) is 19.3 Å². The summed E-state index contributed by atoms with van der Waals surface area (Å²) in [5.74, 6) is -2.14. The van der Waals surface area contributed by atoms with Crippen molar-refractivity contribution in [2.45, 2.75) is 77.5 Å². The van der Waals surface area contributed by atoms with Gasteiger partial charge in [-0.1, -0.05) is 26.2 Å². The Bertz CT molecular complexity index is 430. The lowest BCUT2D eigenvalue weighted by Crippen LogP contribution is -2.51. The van der Waals surface area contributed by atoms with Gasteiger partial charge in [-0.25, -0.2) is 0 Å². The average molecular weight is 329 g/mol. The molecular weight excluding hydrogens is 302 g/mol. The molecule has 132 valence electrons. The van der Waals surface area contributed by atoms with Crippen LogP contribution in [0.25, 0.3) is 0 Å². The number of hydrogen-bond acceptors (Lipinski definition) is 6. The Morgan fingerprint density at radius 1 is 1.17 bits per heavy atom. The van der Waals surface area contributed by atoms with Crippen molar-refractivity contribution in [3.05, 3.63) is 0 Å². The highest BCUT2D eigenvalue weighted by Crippen LogP contribution is 2.42. The number of carboxylic acids is 1. The third-order valence-electron chi connectivity index (χ3n) is 4.30. The number of nitrogens with two attached hydrogens (primary N) is 1. The molecule has 1 saturated carbocycles. The molecule has 1 aliphatic carbocycles. The second kappa shape index (κ2) is 8.86. The topological polar surface area (TPSA) is 116 Å². The molecule has 0 amide bonds. The first-order chi connectivity index (χ1) is 10.8. The minimum atomic E-state index is -1.04. The predicted octanol–water partition coefficient (Wildman–Crippen LogP) is 1.97. The van der Waals surface area contributed by atoms with Crippen molar-refractivity contribution in [2.75, 3.05) is 0 Å². The zero-order valence-electron chi connectivity index (χ0n) is 13.9. The van der Waals surface area contributed by atoms with Gasteiger partial charge >= 0.3 is 17.9 Å². The van der Waals surface area contributed by atoms with E-state index >= 15 is 0 Å². The third-order valence-corrected chi connectivity index (χ3v) is 4.30. The second-order valence-electron chi connectivity index (χ2n) is 6.22. The minimum Gasteiger partial charge on any atom is -0.481 e. The molecule has 0 aromatic heterocycles. The summed E-state index contributed by atoms with van der Waals surface area (Å²) in [6, 6.07) is -1.04. The van der Waals surface area contributed by atoms with Crippen LogP contribution in [-0.2, 0) is 23.9 Å². The average Bonchev–Trinajstić information content (AvgIpc) is 2.46. The maximum absolute atomic E-state index is 12.2. The van der Waals surface area contributed by atoms with Crippen molar-refractivity contribution < 1.29 is 29.0 Å². The second-order valence-corrected chi connectivity index (χ2v) is 6.22. The molecule has 3 N–H and O–H groups in total. The Morgan fingerprint density at radius 2 is 1.78 bits per heavy atom. The molecule has 0 bridgehead atoms. The predicted molar refractivity (Wildman–Crippen MR) is 82.3 cm³/mol. The number of carbonyl (C=O) groups excluding carboxylic acids is 2. The Labute approximate surface area is 136 Å². The Hall–Kier alpha value is -1.63. The van der Waals surface area contributed by atoms with Gasteiger partial charge in [-0.3, -0.25) is 14.4 Å². The number of carboxylic acid groups (broad SMARTS) is 1. The van der Waals surface area contributed by atoms with Crippen LogP contribution in [0, 0.1) is 5.41 Å². The van der Waals surface area contributed by atoms with Crippen LogP contribution in [0.4, 0.5) is 0 Å². The van der Waals surface area contributed by atoms with Gasteiger partial charge in [0.05, 0.1) is 6.42 Å². The monoisotopic (exact) mass is 329 g/mol. The fourth-order valence-corrected chi connectivity index (χ4v) is 3.11. The van der Waals surface area contributed by atoms with Gasteiger partial charge in [-0.15, -0.1) is 0 Å². The molecule has 23 heavy (non-hydrogen) atoms. The molecule has 7 nitrogen and oxygen atoms in total. The zero-order chi connectivity index (χ0) is 17.5. The summed E-state index contributed by atoms with van der Waals surface area (Å²) in [5.41, 5.74) is 5.25. The van der Waals surface area contributed by atoms with Crippen LogP contribution in [0.5, 0.6) is 0 Å². The molecule has 1 rings (SSSR count). The highest BCUT2D eigenvalue weighted by atomic mass is 16.7. The van der Waals surface area contributed by atoms with E-state index in [-0.39, 0.29) is 12.8 Å². The zero-order valence-corrected chi connectivity index (χ0v) is 13.9. The fraction of sp³-hybridized carbons (Fsp3) is 0.812. The van der Waals surface area contributed by atoms with E-state index in [1.54, 1.807) is 0 Å². The van der Waals surface area contributed by atoms with E-state index in [9.17, 15) is 14.4 Å². The van der Waals surface area contributed by atoms with E-state index in [0.29, 0.717) is 19.3 Å². The molecule has 0 aromatic carbocycles. The first kappa shape index (κ1) is 19.4. The molecule has 0 radical (unpaired) electrons. The van der Waals surface area contributed by atoms with Crippen molar-refractivity contribution >= 4 is 17.9 Å². The maximum Gasteiger partial charge on any atom is 0.326 e. The summed E-state index contributed by atoms with van der Waals surface area (Å²) in [4.78, 5) is 34.8. The van der Waals surface area contributed by atoms with Gasteiger partial charge in [0.1, 0.15) is 6.04 Å². The first-order valence-electron chi connectivity index (χ1n) is 8.18. The summed E-state index contributed by atoms with van der Waals surface area (Å²) in [6.07, 6.45) is 3.56. The molecule has 7 heteroatoms. The van der Waals surface area contributed by atoms with Crippen LogP contribution < -0.4 is 5.73 Å². The van der Waals surface area contributed by atoms with Gasteiger partial charge in [0.2, 0.25) is 6.29 Å². The van der Waals surface area contributed by atoms with Crippen LogP contribution in [0.2, 0.25) is 0 Å². The highest BCUT2D eigenvalue weighted by molar-refractivity contribution is 5.79. The van der Waals surface area contributed by atoms with Crippen LogP contribution in [-0.4, -0.2) is 35.3 Å². The summed E-state index contributed by atoms with van der Waals surface area (Å²) in [6.45, 7) is 3.29. The third kappa shape index (κ3) is 5.82. The summed E-state index contributed by atoms with van der Waals surface area (Å²) in [5, 5.41) is 9.14. The molecule has 1 fully saturated rings. The number of rotatable bonds is 8. The maximum atomic E-state index is 12.2. The van der Waals surface area contributed by atoms with E-state index in [4.69, 9.17) is 20.3 Å². The van der Waals surface area contributed by atoms with Crippen molar-refractivity contribution in [1.29, 1.82) is 0 Å². The lowest BCUT2D eigenvalue weighted by molar-refractivity contribution is -0.187. The largest absolute Gasteiger partial charge is 0.481 e. The van der Waals surface area contributed by atoms with Crippen molar-refractivity contribution in [1.82, 2.24) is 0 Å². The smallest absolute Gasteiger partial charge is 0.326 e. The van der Waals surface area contributed by atoms with Crippen LogP contribution in [0.3, 0.4) is 0 Å². The number of esters is 2. The van der Waals surface area contributed by atoms with E-state index in [1.165, 1.54) is 6.92 Å². The summed E-state index contributed by atoms with van der Waals surface area (Å²) >= 11 is 0. The molecule has 0 heterocycles. The van der Waals surface area contributed by atoms with Crippen LogP contribution in [0.15, 0.2) is 0 Å². The van der Waals surface area contributed by atoms with E-state index in [0.717, 1.165) is 19.3 Å². The number of carbonyl (C=O) groups is 3. The summed E-state index contributed by atoms with van der Waals surface area (Å²) < 4.78 is 10.0. The van der Waals surface area contributed by atoms with Gasteiger partial charge < -0.3 is 20.3 Å². The number of aliphatic carboxylic acids is 1. The van der Waals surface area contributed by atoms with Gasteiger partial charge in [0.25, 0.3) is 0 Å². The Kier molecular flexibility index (Phi) is 7.48. The van der Waals surface area contributed by atoms with Gasteiger partial charge in [0.15, 0.2) is 0 Å². The van der Waals surface area contributed by atoms with Crippen molar-refractivity contribution in [3.63, 3.8) is 0 Å². The minimum absolute atomic E-state index is 0.159. The normalized spacial score (nSPS) is 19.4. The molecule has 0 aromatic rings. The molecular formula is C16H27NO6. The molecule has 2 atom stereocenters. The lowest BCUT2D eigenvalue weighted by atomic mass is 9.67. The lowest BCUT2D eigenvalue weighted by Gasteiger charge is -2.39. The standard InChI is InChI=1S/C16H27NO6/c1-3-7-13(20)22-11(2)23-15(21)14(17)16(10-12(18)19)8-5-4-6-9-16/h11,14H,3-10,17H2,1-2H3,(H,18,19). The molecule has 1 aliphatic rings. The Balaban J connectivity index is 2.67. The van der Waals surface area contributed by atoms with E-state index in [2.05, 4.69) is 0 Å². The van der Waals surface area contributed by atoms with E-state index < -0.39 is 35.7 Å².